The van der Waals surface area contributed by atoms with E-state index in [1.54, 1.807) is 24.5 Å². The van der Waals surface area contributed by atoms with Crippen molar-refractivity contribution in [2.45, 2.75) is 12.5 Å². The first-order chi connectivity index (χ1) is 17.7. The molecule has 0 bridgehead atoms. The van der Waals surface area contributed by atoms with Gasteiger partial charge in [-0.15, -0.1) is 0 Å². The van der Waals surface area contributed by atoms with Crippen LogP contribution in [-0.2, 0) is 6.42 Å². The van der Waals surface area contributed by atoms with E-state index in [1.807, 2.05) is 91.0 Å². The van der Waals surface area contributed by atoms with Gasteiger partial charge in [-0.25, -0.2) is 0 Å². The molecule has 1 unspecified atom stereocenters. The minimum absolute atomic E-state index is 0.179. The van der Waals surface area contributed by atoms with Gasteiger partial charge in [-0.3, -0.25) is 9.59 Å². The van der Waals surface area contributed by atoms with Crippen molar-refractivity contribution < 1.29 is 14.0 Å². The third-order valence-electron chi connectivity index (χ3n) is 6.17. The summed E-state index contributed by atoms with van der Waals surface area (Å²) in [7, 11) is 0. The second-order valence-electron chi connectivity index (χ2n) is 8.62. The number of hydrogen-bond acceptors (Lipinski definition) is 3. The molecule has 178 valence electrons. The van der Waals surface area contributed by atoms with Crippen molar-refractivity contribution in [2.24, 2.45) is 0 Å². The molecule has 5 heteroatoms. The van der Waals surface area contributed by atoms with Gasteiger partial charge in [-0.1, -0.05) is 84.9 Å². The first-order valence-corrected chi connectivity index (χ1v) is 11.9. The van der Waals surface area contributed by atoms with Crippen LogP contribution < -0.4 is 10.6 Å². The van der Waals surface area contributed by atoms with Crippen LogP contribution in [0.15, 0.2) is 120 Å². The van der Waals surface area contributed by atoms with Gasteiger partial charge in [0.25, 0.3) is 11.8 Å². The van der Waals surface area contributed by atoms with Gasteiger partial charge in [-0.05, 0) is 47.4 Å². The molecule has 4 aromatic carbocycles. The van der Waals surface area contributed by atoms with Crippen LogP contribution in [0.2, 0.25) is 0 Å². The summed E-state index contributed by atoms with van der Waals surface area (Å²) < 4.78 is 5.43. The van der Waals surface area contributed by atoms with Gasteiger partial charge in [0.15, 0.2) is 0 Å². The lowest BCUT2D eigenvalue weighted by Crippen LogP contribution is -2.45. The number of hydrogen-bond donors (Lipinski definition) is 2. The summed E-state index contributed by atoms with van der Waals surface area (Å²) in [6, 6.07) is 34.2. The number of nitrogens with one attached hydrogen (secondary N) is 2. The van der Waals surface area contributed by atoms with E-state index in [0.29, 0.717) is 23.1 Å². The van der Waals surface area contributed by atoms with Crippen molar-refractivity contribution in [3.05, 3.63) is 132 Å². The summed E-state index contributed by atoms with van der Waals surface area (Å²) >= 11 is 0. The predicted molar refractivity (Wildman–Crippen MR) is 142 cm³/mol. The average molecular weight is 475 g/mol. The van der Waals surface area contributed by atoms with Crippen LogP contribution in [-0.4, -0.2) is 24.4 Å². The summed E-state index contributed by atoms with van der Waals surface area (Å²) in [5.41, 5.74) is 4.71. The molecule has 5 aromatic rings. The van der Waals surface area contributed by atoms with Crippen LogP contribution in [0, 0.1) is 0 Å². The molecule has 0 aliphatic carbocycles. The fourth-order valence-electron chi connectivity index (χ4n) is 4.39. The van der Waals surface area contributed by atoms with Crippen LogP contribution in [0.3, 0.4) is 0 Å². The van der Waals surface area contributed by atoms with Crippen molar-refractivity contribution in [3.63, 3.8) is 0 Å². The highest BCUT2D eigenvalue weighted by Gasteiger charge is 2.19. The Morgan fingerprint density at radius 1 is 0.694 bits per heavy atom. The average Bonchev–Trinajstić information content (AvgIpc) is 3.42. The number of furan rings is 1. The van der Waals surface area contributed by atoms with E-state index in [9.17, 15) is 9.59 Å². The molecule has 2 N–H and O–H groups in total. The largest absolute Gasteiger partial charge is 0.464 e. The van der Waals surface area contributed by atoms with E-state index in [1.165, 1.54) is 0 Å². The Kier molecular flexibility index (Phi) is 6.90. The molecule has 0 saturated carbocycles. The fraction of sp³-hybridized carbons (Fsp3) is 0.0968. The van der Waals surface area contributed by atoms with Crippen LogP contribution in [0.5, 0.6) is 0 Å². The van der Waals surface area contributed by atoms with Gasteiger partial charge in [0.1, 0.15) is 5.58 Å². The Hall–Kier alpha value is -4.64. The second-order valence-corrected chi connectivity index (χ2v) is 8.62. The summed E-state index contributed by atoms with van der Waals surface area (Å²) in [5, 5.41) is 6.93. The molecule has 1 heterocycles. The Bertz CT molecular complexity index is 1480. The maximum Gasteiger partial charge on any atom is 0.252 e. The van der Waals surface area contributed by atoms with Crippen LogP contribution in [0.1, 0.15) is 26.3 Å². The molecular weight excluding hydrogens is 448 g/mol. The van der Waals surface area contributed by atoms with Crippen molar-refractivity contribution in [1.82, 2.24) is 10.6 Å². The molecule has 0 radical (unpaired) electrons. The SMILES string of the molecule is O=C(NC(CNC(=O)c1cccc2occc12)Cc1ccccc1)c1ccccc1-c1ccccc1. The molecule has 5 rings (SSSR count). The topological polar surface area (TPSA) is 71.3 Å². The summed E-state index contributed by atoms with van der Waals surface area (Å²) in [6.07, 6.45) is 2.15. The molecule has 0 fully saturated rings. The van der Waals surface area contributed by atoms with Gasteiger partial charge in [0.2, 0.25) is 0 Å². The van der Waals surface area contributed by atoms with Gasteiger partial charge >= 0.3 is 0 Å². The lowest BCUT2D eigenvalue weighted by molar-refractivity contribution is 0.0909. The second kappa shape index (κ2) is 10.7. The molecular formula is C31H26N2O3. The Morgan fingerprint density at radius 3 is 2.19 bits per heavy atom. The minimum Gasteiger partial charge on any atom is -0.464 e. The number of amides is 2. The lowest BCUT2D eigenvalue weighted by atomic mass is 9.98. The number of benzene rings is 4. The maximum absolute atomic E-state index is 13.5. The first kappa shape index (κ1) is 23.1. The van der Waals surface area contributed by atoms with Crippen molar-refractivity contribution in [1.29, 1.82) is 0 Å². The van der Waals surface area contributed by atoms with Crippen molar-refractivity contribution in [2.75, 3.05) is 6.54 Å². The maximum atomic E-state index is 13.5. The van der Waals surface area contributed by atoms with E-state index in [2.05, 4.69) is 10.6 Å². The third-order valence-corrected chi connectivity index (χ3v) is 6.17. The van der Waals surface area contributed by atoms with E-state index < -0.39 is 0 Å². The summed E-state index contributed by atoms with van der Waals surface area (Å²) in [6.45, 7) is 0.279. The molecule has 0 aliphatic heterocycles. The highest BCUT2D eigenvalue weighted by atomic mass is 16.3. The monoisotopic (exact) mass is 474 g/mol. The van der Waals surface area contributed by atoms with Crippen molar-refractivity contribution >= 4 is 22.8 Å². The summed E-state index contributed by atoms with van der Waals surface area (Å²) in [5.74, 6) is -0.388. The van der Waals surface area contributed by atoms with Crippen LogP contribution >= 0.6 is 0 Å². The molecule has 0 saturated heterocycles. The zero-order valence-electron chi connectivity index (χ0n) is 19.7. The predicted octanol–water partition coefficient (Wildman–Crippen LogP) is 5.87. The van der Waals surface area contributed by atoms with Gasteiger partial charge in [-0.2, -0.15) is 0 Å². The number of fused-ring (bicyclic) bond motifs is 1. The zero-order valence-corrected chi connectivity index (χ0v) is 19.7. The van der Waals surface area contributed by atoms with Crippen LogP contribution in [0.25, 0.3) is 22.1 Å². The highest BCUT2D eigenvalue weighted by molar-refractivity contribution is 6.06. The first-order valence-electron chi connectivity index (χ1n) is 11.9. The Balaban J connectivity index is 1.36. The van der Waals surface area contributed by atoms with E-state index >= 15 is 0 Å². The van der Waals surface area contributed by atoms with E-state index in [0.717, 1.165) is 22.1 Å². The van der Waals surface area contributed by atoms with E-state index in [4.69, 9.17) is 4.42 Å². The summed E-state index contributed by atoms with van der Waals surface area (Å²) in [4.78, 5) is 26.5. The Labute approximate surface area is 209 Å². The van der Waals surface area contributed by atoms with Crippen LogP contribution in [0.4, 0.5) is 0 Å². The fourth-order valence-corrected chi connectivity index (χ4v) is 4.39. The molecule has 36 heavy (non-hydrogen) atoms. The third kappa shape index (κ3) is 5.20. The minimum atomic E-state index is -0.309. The van der Waals surface area contributed by atoms with Gasteiger partial charge in [0.05, 0.1) is 17.9 Å². The quantitative estimate of drug-likeness (QED) is 0.295. The Morgan fingerprint density at radius 2 is 1.39 bits per heavy atom. The normalized spacial score (nSPS) is 11.7. The lowest BCUT2D eigenvalue weighted by Gasteiger charge is -2.21. The standard InChI is InChI=1S/C31H26N2O3/c34-30(28-16-9-17-29-26(28)18-19-36-29)32-21-24(20-22-10-3-1-4-11-22)33-31(35)27-15-8-7-14-25(27)23-12-5-2-6-13-23/h1-19,24H,20-21H2,(H,32,34)(H,33,35). The highest BCUT2D eigenvalue weighted by Crippen LogP contribution is 2.24. The number of carbonyl (C=O) groups is 2. The molecule has 1 atom stereocenters. The van der Waals surface area contributed by atoms with Gasteiger partial charge < -0.3 is 15.1 Å². The molecule has 0 aliphatic rings. The molecule has 0 spiro atoms. The molecule has 5 nitrogen and oxygen atoms in total. The smallest absolute Gasteiger partial charge is 0.252 e. The molecule has 2 amide bonds. The zero-order chi connectivity index (χ0) is 24.7. The van der Waals surface area contributed by atoms with Crippen molar-refractivity contribution in [3.8, 4) is 11.1 Å². The number of carbonyl (C=O) groups excluding carboxylic acids is 2. The number of rotatable bonds is 8. The van der Waals surface area contributed by atoms with E-state index in [-0.39, 0.29) is 24.4 Å². The molecule has 1 aromatic heterocycles. The van der Waals surface area contributed by atoms with Gasteiger partial charge in [0, 0.05) is 17.5 Å².